The second kappa shape index (κ2) is 8.72. The zero-order chi connectivity index (χ0) is 46.6. The van der Waals surface area contributed by atoms with E-state index in [1.165, 1.54) is 0 Å². The first-order valence-corrected chi connectivity index (χ1v) is 11.4. The number of benzene rings is 7. The molecule has 8 aromatic rings. The molecule has 0 aliphatic heterocycles. The predicted octanol–water partition coefficient (Wildman–Crippen LogP) is 10.9. The molecule has 0 aliphatic carbocycles. The van der Waals surface area contributed by atoms with E-state index in [-0.39, 0.29) is 5.39 Å². The van der Waals surface area contributed by atoms with Crippen LogP contribution in [0.1, 0.15) is 32.9 Å². The molecule has 0 saturated heterocycles. The molecule has 0 N–H and O–H groups in total. The quantitative estimate of drug-likeness (QED) is 0.211. The third-order valence-corrected chi connectivity index (χ3v) is 6.14. The fraction of sp³-hybridized carbons (Fsp3) is 0. The van der Waals surface area contributed by atoms with Gasteiger partial charge in [0.2, 0.25) is 0 Å². The van der Waals surface area contributed by atoms with Gasteiger partial charge >= 0.3 is 0 Å². The molecule has 0 amide bonds. The van der Waals surface area contributed by atoms with Gasteiger partial charge in [0.05, 0.1) is 32.9 Å². The highest BCUT2D eigenvalue weighted by Gasteiger charge is 2.17. The van der Waals surface area contributed by atoms with Crippen molar-refractivity contribution in [2.45, 2.75) is 0 Å². The number of para-hydroxylation sites is 1. The normalized spacial score (nSPS) is 20.2. The summed E-state index contributed by atoms with van der Waals surface area (Å²) in [6, 6.07) is -21.5. The van der Waals surface area contributed by atoms with Crippen molar-refractivity contribution in [2.75, 3.05) is 0 Å². The Kier molecular flexibility index (Phi) is 1.94. The largest absolute Gasteiger partial charge is 0.456 e. The summed E-state index contributed by atoms with van der Waals surface area (Å²) < 4.78 is 217. The Labute approximate surface area is 260 Å². The standard InChI is InChI=1S/C38H24O/c1-2-11-25(12-3-1)37-30-16-4-6-18-32(30)38(33-19-7-5-17-31(33)37)28-14-10-13-26(23-28)27-21-22-36-34(24-27)29-15-8-9-20-35(29)39-36/h1-24H/i1D,2D,3D,4D,5D,6D,7D,8D,9D,10D,11D,12D,13D,14D,15D,16D,17D,18D,19D,20D,21D,22D,23D,24D. The van der Waals surface area contributed by atoms with E-state index < -0.39 is 216 Å². The average Bonchev–Trinajstić information content (AvgIpc) is 3.67. The number of rotatable bonds is 3. The smallest absolute Gasteiger partial charge is 0.135 e. The molecule has 0 radical (unpaired) electrons. The summed E-state index contributed by atoms with van der Waals surface area (Å²) in [6.45, 7) is 0. The molecule has 0 bridgehead atoms. The van der Waals surface area contributed by atoms with E-state index in [1.54, 1.807) is 0 Å². The molecule has 39 heavy (non-hydrogen) atoms. The number of fused-ring (bicyclic) bond motifs is 5. The van der Waals surface area contributed by atoms with Crippen molar-refractivity contribution in [3.8, 4) is 33.4 Å². The number of hydrogen-bond donors (Lipinski definition) is 0. The maximum atomic E-state index is 9.68. The van der Waals surface area contributed by atoms with Gasteiger partial charge in [0.1, 0.15) is 11.2 Å². The lowest BCUT2D eigenvalue weighted by Crippen LogP contribution is -1.91. The van der Waals surface area contributed by atoms with Crippen LogP contribution in [-0.2, 0) is 0 Å². The molecular formula is C38H24O. The van der Waals surface area contributed by atoms with Gasteiger partial charge in [-0.3, -0.25) is 0 Å². The fourth-order valence-electron chi connectivity index (χ4n) is 4.52. The van der Waals surface area contributed by atoms with Crippen LogP contribution >= 0.6 is 0 Å². The highest BCUT2D eigenvalue weighted by molar-refractivity contribution is 6.21. The van der Waals surface area contributed by atoms with Crippen LogP contribution in [0.15, 0.2) is 149 Å². The molecule has 0 aliphatic rings. The zero-order valence-corrected chi connectivity index (χ0v) is 19.4. The van der Waals surface area contributed by atoms with Crippen molar-refractivity contribution in [3.05, 3.63) is 145 Å². The van der Waals surface area contributed by atoms with Crippen LogP contribution in [-0.4, -0.2) is 0 Å². The van der Waals surface area contributed by atoms with Crippen LogP contribution in [0.5, 0.6) is 0 Å². The van der Waals surface area contributed by atoms with Gasteiger partial charge in [-0.1, -0.05) is 121 Å². The molecule has 1 heterocycles. The van der Waals surface area contributed by atoms with Gasteiger partial charge in [-0.25, -0.2) is 0 Å². The van der Waals surface area contributed by atoms with Crippen molar-refractivity contribution in [3.63, 3.8) is 0 Å². The lowest BCUT2D eigenvalue weighted by Gasteiger charge is -2.18. The van der Waals surface area contributed by atoms with E-state index in [1.807, 2.05) is 0 Å². The zero-order valence-electron chi connectivity index (χ0n) is 43.4. The van der Waals surface area contributed by atoms with Crippen LogP contribution in [0, 0.1) is 0 Å². The summed E-state index contributed by atoms with van der Waals surface area (Å²) >= 11 is 0. The molecule has 1 heteroatoms. The molecule has 1 nitrogen and oxygen atoms in total. The molecule has 182 valence electrons. The lowest BCUT2D eigenvalue weighted by molar-refractivity contribution is 0.669. The van der Waals surface area contributed by atoms with Gasteiger partial charge in [-0.2, -0.15) is 0 Å². The van der Waals surface area contributed by atoms with E-state index in [0.717, 1.165) is 0 Å². The first kappa shape index (κ1) is 8.69. The van der Waals surface area contributed by atoms with Crippen LogP contribution in [0.3, 0.4) is 0 Å². The van der Waals surface area contributed by atoms with Crippen molar-refractivity contribution in [1.82, 2.24) is 0 Å². The minimum atomic E-state index is -1.03. The first-order valence-electron chi connectivity index (χ1n) is 23.4. The minimum Gasteiger partial charge on any atom is -0.456 e. The lowest BCUT2D eigenvalue weighted by atomic mass is 9.85. The van der Waals surface area contributed by atoms with Crippen molar-refractivity contribution >= 4 is 43.5 Å². The monoisotopic (exact) mass is 520 g/mol. The summed E-state index contributed by atoms with van der Waals surface area (Å²) in [4.78, 5) is 0. The molecule has 8 rings (SSSR count). The Hall–Kier alpha value is -5.14. The highest BCUT2D eigenvalue weighted by Crippen LogP contribution is 2.44. The topological polar surface area (TPSA) is 13.1 Å². The summed E-state index contributed by atoms with van der Waals surface area (Å²) in [5.74, 6) is 0. The highest BCUT2D eigenvalue weighted by atomic mass is 16.3. The fourth-order valence-corrected chi connectivity index (χ4v) is 4.52. The van der Waals surface area contributed by atoms with Gasteiger partial charge in [-0.15, -0.1) is 0 Å². The maximum Gasteiger partial charge on any atom is 0.135 e. The molecular weight excluding hydrogens is 472 g/mol. The Balaban J connectivity index is 1.69. The van der Waals surface area contributed by atoms with Gasteiger partial charge in [0, 0.05) is 10.8 Å². The summed E-state index contributed by atoms with van der Waals surface area (Å²) in [5.41, 5.74) is -5.45. The van der Waals surface area contributed by atoms with Crippen molar-refractivity contribution in [1.29, 1.82) is 0 Å². The Morgan fingerprint density at radius 2 is 0.821 bits per heavy atom. The van der Waals surface area contributed by atoms with E-state index in [9.17, 15) is 6.85 Å². The molecule has 0 spiro atoms. The summed E-state index contributed by atoms with van der Waals surface area (Å²) in [6.07, 6.45) is 0. The summed E-state index contributed by atoms with van der Waals surface area (Å²) in [5, 5.41) is -3.57. The summed E-state index contributed by atoms with van der Waals surface area (Å²) in [7, 11) is 0. The molecule has 0 atom stereocenters. The molecule has 0 unspecified atom stereocenters. The SMILES string of the molecule is [2H]c1c([2H])c([2H])c(-c2c3c([2H])c([2H])c([2H])c([2H])c3c(-c3c([2H])c([2H])c([2H])c(-c4c([2H])c([2H])c5oc6c([2H])c([2H])c([2H])c([2H])c6c5c4[2H])c3[2H])c3c([2H])c([2H])c([2H])c([2H])c23)c([2H])c1[2H]. The second-order valence-corrected chi connectivity index (χ2v) is 8.26. The van der Waals surface area contributed by atoms with Gasteiger partial charge in [-0.05, 0) is 79.1 Å². The molecule has 7 aromatic carbocycles. The number of furan rings is 1. The Bertz CT molecular complexity index is 3390. The van der Waals surface area contributed by atoms with Crippen LogP contribution < -0.4 is 0 Å². The Morgan fingerprint density at radius 3 is 1.51 bits per heavy atom. The number of hydrogen-bond acceptors (Lipinski definition) is 1. The van der Waals surface area contributed by atoms with Crippen LogP contribution in [0.25, 0.3) is 76.9 Å². The molecule has 1 aromatic heterocycles. The van der Waals surface area contributed by atoms with Gasteiger partial charge < -0.3 is 4.42 Å². The molecule has 0 saturated carbocycles. The van der Waals surface area contributed by atoms with Gasteiger partial charge in [0.15, 0.2) is 0 Å². The van der Waals surface area contributed by atoms with Gasteiger partial charge in [0.25, 0.3) is 0 Å². The maximum absolute atomic E-state index is 9.68. The second-order valence-electron chi connectivity index (χ2n) is 8.26. The minimum absolute atomic E-state index is 0.385. The van der Waals surface area contributed by atoms with Crippen molar-refractivity contribution in [2.24, 2.45) is 0 Å². The first-order chi connectivity index (χ1) is 29.3. The van der Waals surface area contributed by atoms with E-state index in [4.69, 9.17) is 30.5 Å². The van der Waals surface area contributed by atoms with Crippen LogP contribution in [0.4, 0.5) is 0 Å². The van der Waals surface area contributed by atoms with E-state index in [2.05, 4.69) is 0 Å². The third-order valence-electron chi connectivity index (χ3n) is 6.14. The predicted molar refractivity (Wildman–Crippen MR) is 165 cm³/mol. The Morgan fingerprint density at radius 1 is 0.333 bits per heavy atom. The average molecular weight is 521 g/mol. The van der Waals surface area contributed by atoms with E-state index >= 15 is 0 Å². The van der Waals surface area contributed by atoms with Crippen molar-refractivity contribution < 1.29 is 37.3 Å². The molecule has 0 fully saturated rings. The van der Waals surface area contributed by atoms with Crippen LogP contribution in [0.2, 0.25) is 0 Å². The third kappa shape index (κ3) is 3.48. The van der Waals surface area contributed by atoms with E-state index in [0.29, 0.717) is 0 Å².